The third-order valence-corrected chi connectivity index (χ3v) is 6.29. The molecule has 4 aromatic rings. The third-order valence-electron chi connectivity index (χ3n) is 5.12. The Balaban J connectivity index is 1.59. The number of nitrogens with zero attached hydrogens (tertiary/aromatic N) is 5. The molecule has 1 amide bonds. The van der Waals surface area contributed by atoms with Gasteiger partial charge in [0.25, 0.3) is 0 Å². The molecule has 2 aromatic carbocycles. The van der Waals surface area contributed by atoms with Crippen LogP contribution in [0.1, 0.15) is 19.4 Å². The second-order valence-corrected chi connectivity index (χ2v) is 9.12. The zero-order valence-electron chi connectivity index (χ0n) is 18.4. The third kappa shape index (κ3) is 5.61. The second kappa shape index (κ2) is 10.6. The monoisotopic (exact) mass is 477 g/mol. The van der Waals surface area contributed by atoms with E-state index in [0.717, 1.165) is 16.8 Å². The number of hydrogen-bond donors (Lipinski definition) is 0. The number of aromatic nitrogens is 4. The Bertz CT molecular complexity index is 1200. The van der Waals surface area contributed by atoms with Gasteiger partial charge in [0.05, 0.1) is 5.75 Å². The molecule has 0 spiro atoms. The molecule has 8 heteroatoms. The van der Waals surface area contributed by atoms with Crippen molar-refractivity contribution in [1.82, 2.24) is 24.6 Å². The Kier molecular flexibility index (Phi) is 7.42. The minimum Gasteiger partial charge on any atom is -0.335 e. The summed E-state index contributed by atoms with van der Waals surface area (Å²) in [5.74, 6) is 0.988. The van der Waals surface area contributed by atoms with Gasteiger partial charge >= 0.3 is 0 Å². The zero-order chi connectivity index (χ0) is 23.2. The van der Waals surface area contributed by atoms with Crippen LogP contribution in [0, 0.1) is 0 Å². The summed E-state index contributed by atoms with van der Waals surface area (Å²) in [7, 11) is 0. The number of carbonyl (C=O) groups is 1. The number of amides is 1. The average Bonchev–Trinajstić information content (AvgIpc) is 3.26. The lowest BCUT2D eigenvalue weighted by Gasteiger charge is -2.27. The van der Waals surface area contributed by atoms with Gasteiger partial charge in [-0.2, -0.15) is 0 Å². The Morgan fingerprint density at radius 3 is 2.36 bits per heavy atom. The van der Waals surface area contributed by atoms with Crippen LogP contribution in [-0.2, 0) is 11.3 Å². The lowest BCUT2D eigenvalue weighted by molar-refractivity contribution is -0.130. The number of thioether (sulfide) groups is 1. The van der Waals surface area contributed by atoms with E-state index in [0.29, 0.717) is 22.5 Å². The summed E-state index contributed by atoms with van der Waals surface area (Å²) in [6.45, 7) is 4.64. The molecular formula is C25H24ClN5OS. The van der Waals surface area contributed by atoms with Crippen LogP contribution in [0.3, 0.4) is 0 Å². The largest absolute Gasteiger partial charge is 0.335 e. The molecule has 0 aliphatic carbocycles. The molecule has 0 saturated heterocycles. The van der Waals surface area contributed by atoms with Gasteiger partial charge in [0.15, 0.2) is 11.0 Å². The highest BCUT2D eigenvalue weighted by Gasteiger charge is 2.21. The summed E-state index contributed by atoms with van der Waals surface area (Å²) >= 11 is 7.47. The number of hydrogen-bond acceptors (Lipinski definition) is 5. The molecule has 0 bridgehead atoms. The van der Waals surface area contributed by atoms with Gasteiger partial charge in [0.1, 0.15) is 0 Å². The van der Waals surface area contributed by atoms with Crippen LogP contribution in [0.5, 0.6) is 0 Å². The van der Waals surface area contributed by atoms with Crippen molar-refractivity contribution >= 4 is 29.3 Å². The van der Waals surface area contributed by atoms with Crippen LogP contribution in [0.25, 0.3) is 17.1 Å². The Morgan fingerprint density at radius 2 is 1.70 bits per heavy atom. The lowest BCUT2D eigenvalue weighted by atomic mass is 10.2. The maximum absolute atomic E-state index is 13.2. The Morgan fingerprint density at radius 1 is 1.00 bits per heavy atom. The van der Waals surface area contributed by atoms with Crippen molar-refractivity contribution in [2.75, 3.05) is 5.75 Å². The SMILES string of the molecule is CC(C)N(Cc1ccccc1)C(=O)CSc1nnc(-c2ccncc2)n1-c1ccc(Cl)cc1. The maximum Gasteiger partial charge on any atom is 0.233 e. The van der Waals surface area contributed by atoms with Gasteiger partial charge in [-0.3, -0.25) is 14.3 Å². The van der Waals surface area contributed by atoms with E-state index in [4.69, 9.17) is 11.6 Å². The van der Waals surface area contributed by atoms with Crippen LogP contribution in [0.4, 0.5) is 0 Å². The first-order chi connectivity index (χ1) is 16.0. The van der Waals surface area contributed by atoms with E-state index in [9.17, 15) is 4.79 Å². The van der Waals surface area contributed by atoms with E-state index in [1.54, 1.807) is 12.4 Å². The van der Waals surface area contributed by atoms with Crippen LogP contribution >= 0.6 is 23.4 Å². The van der Waals surface area contributed by atoms with Crippen LogP contribution < -0.4 is 0 Å². The fourth-order valence-corrected chi connectivity index (χ4v) is 4.39. The normalized spacial score (nSPS) is 11.0. The van der Waals surface area contributed by atoms with Crippen LogP contribution in [-0.4, -0.2) is 42.4 Å². The van der Waals surface area contributed by atoms with Gasteiger partial charge in [-0.1, -0.05) is 53.7 Å². The molecule has 0 N–H and O–H groups in total. The predicted octanol–water partition coefficient (Wildman–Crippen LogP) is 5.51. The fraction of sp³-hybridized carbons (Fsp3) is 0.200. The molecule has 0 saturated carbocycles. The Labute approximate surface area is 202 Å². The lowest BCUT2D eigenvalue weighted by Crippen LogP contribution is -2.37. The number of benzene rings is 2. The van der Waals surface area contributed by atoms with Crippen molar-refractivity contribution in [3.8, 4) is 17.1 Å². The molecule has 2 aromatic heterocycles. The minimum absolute atomic E-state index is 0.0509. The van der Waals surface area contributed by atoms with Gasteiger partial charge in [0, 0.05) is 41.3 Å². The van der Waals surface area contributed by atoms with E-state index in [2.05, 4.69) is 15.2 Å². The molecule has 6 nitrogen and oxygen atoms in total. The molecular weight excluding hydrogens is 454 g/mol. The molecule has 168 valence electrons. The van der Waals surface area contributed by atoms with Crippen molar-refractivity contribution in [2.24, 2.45) is 0 Å². The first kappa shape index (κ1) is 23.0. The zero-order valence-corrected chi connectivity index (χ0v) is 20.0. The van der Waals surface area contributed by atoms with Crippen molar-refractivity contribution in [3.05, 3.63) is 89.7 Å². The maximum atomic E-state index is 13.2. The highest BCUT2D eigenvalue weighted by molar-refractivity contribution is 7.99. The first-order valence-corrected chi connectivity index (χ1v) is 12.0. The summed E-state index contributed by atoms with van der Waals surface area (Å²) in [4.78, 5) is 19.1. The van der Waals surface area contributed by atoms with E-state index in [1.807, 2.05) is 90.0 Å². The Hall–Kier alpha value is -3.16. The summed E-state index contributed by atoms with van der Waals surface area (Å²) in [6.07, 6.45) is 3.44. The predicted molar refractivity (Wildman–Crippen MR) is 132 cm³/mol. The molecule has 4 rings (SSSR count). The number of pyridine rings is 1. The number of rotatable bonds is 8. The molecule has 0 aliphatic rings. The van der Waals surface area contributed by atoms with Gasteiger partial charge in [0.2, 0.25) is 5.91 Å². The van der Waals surface area contributed by atoms with Crippen molar-refractivity contribution in [3.63, 3.8) is 0 Å². The molecule has 0 radical (unpaired) electrons. The van der Waals surface area contributed by atoms with Crippen molar-refractivity contribution < 1.29 is 4.79 Å². The van der Waals surface area contributed by atoms with Crippen molar-refractivity contribution in [2.45, 2.75) is 31.6 Å². The quantitative estimate of drug-likeness (QED) is 0.313. The highest BCUT2D eigenvalue weighted by atomic mass is 35.5. The second-order valence-electron chi connectivity index (χ2n) is 7.74. The summed E-state index contributed by atoms with van der Waals surface area (Å²) in [5, 5.41) is 10.1. The fourth-order valence-electron chi connectivity index (χ4n) is 3.42. The van der Waals surface area contributed by atoms with E-state index < -0.39 is 0 Å². The topological polar surface area (TPSA) is 63.9 Å². The van der Waals surface area contributed by atoms with Gasteiger partial charge in [-0.05, 0) is 55.8 Å². The summed E-state index contributed by atoms with van der Waals surface area (Å²) in [5.41, 5.74) is 2.86. The molecule has 0 unspecified atom stereocenters. The number of halogens is 1. The van der Waals surface area contributed by atoms with Gasteiger partial charge < -0.3 is 4.90 Å². The molecule has 0 fully saturated rings. The van der Waals surface area contributed by atoms with E-state index in [-0.39, 0.29) is 17.7 Å². The summed E-state index contributed by atoms with van der Waals surface area (Å²) in [6, 6.07) is 21.4. The smallest absolute Gasteiger partial charge is 0.233 e. The first-order valence-electron chi connectivity index (χ1n) is 10.6. The van der Waals surface area contributed by atoms with E-state index >= 15 is 0 Å². The van der Waals surface area contributed by atoms with Crippen LogP contribution in [0.15, 0.2) is 84.3 Å². The average molecular weight is 478 g/mol. The molecule has 2 heterocycles. The number of carbonyl (C=O) groups excluding carboxylic acids is 1. The van der Waals surface area contributed by atoms with E-state index in [1.165, 1.54) is 11.8 Å². The van der Waals surface area contributed by atoms with Crippen molar-refractivity contribution in [1.29, 1.82) is 0 Å². The molecule has 0 aliphatic heterocycles. The van der Waals surface area contributed by atoms with Gasteiger partial charge in [-0.25, -0.2) is 0 Å². The van der Waals surface area contributed by atoms with Crippen LogP contribution in [0.2, 0.25) is 5.02 Å². The highest BCUT2D eigenvalue weighted by Crippen LogP contribution is 2.28. The molecule has 33 heavy (non-hydrogen) atoms. The minimum atomic E-state index is 0.0509. The van der Waals surface area contributed by atoms with Gasteiger partial charge in [-0.15, -0.1) is 10.2 Å². The summed E-state index contributed by atoms with van der Waals surface area (Å²) < 4.78 is 1.94. The standard InChI is InChI=1S/C25H24ClN5OS/c1-18(2)30(16-19-6-4-3-5-7-19)23(32)17-33-25-29-28-24(20-12-14-27-15-13-20)31(25)22-10-8-21(26)9-11-22/h3-15,18H,16-17H2,1-2H3. The molecule has 0 atom stereocenters.